The minimum absolute atomic E-state index is 0.0272. The number of carbonyl (C=O) groups excluding carboxylic acids is 1. The van der Waals surface area contributed by atoms with Crippen molar-refractivity contribution in [1.29, 1.82) is 5.41 Å². The number of piperazine rings is 1. The molecule has 254 valence electrons. The number of nitrogens with zero attached hydrogens (tertiary/aromatic N) is 5. The molecule has 1 atom stereocenters. The molecule has 3 saturated heterocycles. The number of halogens is 1. The number of hydrogen-bond acceptors (Lipinski definition) is 11. The van der Waals surface area contributed by atoms with Gasteiger partial charge in [-0.2, -0.15) is 0 Å². The Hall–Kier alpha value is -4.59. The van der Waals surface area contributed by atoms with Crippen LogP contribution in [0.25, 0.3) is 0 Å². The number of ether oxygens (including phenoxy) is 2. The van der Waals surface area contributed by atoms with Crippen molar-refractivity contribution in [2.24, 2.45) is 5.73 Å². The van der Waals surface area contributed by atoms with E-state index in [1.807, 2.05) is 24.3 Å². The van der Waals surface area contributed by atoms with Crippen molar-refractivity contribution in [1.82, 2.24) is 24.7 Å². The van der Waals surface area contributed by atoms with Gasteiger partial charge in [0.2, 0.25) is 0 Å². The summed E-state index contributed by atoms with van der Waals surface area (Å²) in [6.07, 6.45) is 4.68. The summed E-state index contributed by atoms with van der Waals surface area (Å²) in [5.41, 5.74) is 12.6. The number of anilines is 2. The van der Waals surface area contributed by atoms with E-state index < -0.39 is 5.82 Å². The van der Waals surface area contributed by atoms with Gasteiger partial charge in [0.25, 0.3) is 5.91 Å². The van der Waals surface area contributed by atoms with Crippen LogP contribution >= 0.6 is 0 Å². The van der Waals surface area contributed by atoms with Gasteiger partial charge in [-0.25, -0.2) is 14.4 Å². The number of nitrogens with two attached hydrogens (primary N) is 2. The van der Waals surface area contributed by atoms with Crippen LogP contribution < -0.4 is 21.5 Å². The molecule has 6 rings (SSSR count). The van der Waals surface area contributed by atoms with Gasteiger partial charge >= 0.3 is 0 Å². The zero-order valence-corrected chi connectivity index (χ0v) is 27.5. The fourth-order valence-corrected chi connectivity index (χ4v) is 6.56. The molecular formula is C35H44FN9O3. The summed E-state index contributed by atoms with van der Waals surface area (Å²) in [4.78, 5) is 28.6. The molecule has 3 aliphatic heterocycles. The number of amides is 1. The van der Waals surface area contributed by atoms with E-state index in [0.717, 1.165) is 52.2 Å². The molecule has 0 bridgehead atoms. The quantitative estimate of drug-likeness (QED) is 0.188. The van der Waals surface area contributed by atoms with Crippen LogP contribution in [0.1, 0.15) is 37.8 Å². The van der Waals surface area contributed by atoms with Gasteiger partial charge in [-0.05, 0) is 57.0 Å². The molecule has 1 unspecified atom stereocenters. The standard InChI is InChI=1S/C35H44FN9O3/c1-35(2,45-15-13-43(14-16-45)24-20-47-21-24)18-29(37)34(46)44-12-6-7-23(19-44)42-33-30(32(39)40-22-41-33)31(38)27-11-10-26(17-28(27)36)48-25-8-4-3-5-9-25/h3-5,8-11,17-18,22-24,38H,6-7,12-16,19-21,37H2,1-2H3,(H3,39,40,41,42)/b29-18-,38-31?. The number of rotatable bonds is 10. The molecule has 3 aliphatic rings. The molecule has 2 aromatic carbocycles. The maximum Gasteiger partial charge on any atom is 0.269 e. The van der Waals surface area contributed by atoms with E-state index in [1.54, 1.807) is 23.1 Å². The van der Waals surface area contributed by atoms with Crippen LogP contribution in [0.3, 0.4) is 0 Å². The topological polar surface area (TPSA) is 159 Å². The first-order valence-electron chi connectivity index (χ1n) is 16.4. The van der Waals surface area contributed by atoms with Crippen molar-refractivity contribution in [2.45, 2.75) is 44.3 Å². The first-order valence-corrected chi connectivity index (χ1v) is 16.4. The highest BCUT2D eigenvalue weighted by Crippen LogP contribution is 2.29. The second-order valence-electron chi connectivity index (χ2n) is 13.1. The second kappa shape index (κ2) is 14.3. The Kier molecular flexibility index (Phi) is 9.90. The minimum atomic E-state index is -0.642. The summed E-state index contributed by atoms with van der Waals surface area (Å²) >= 11 is 0. The lowest BCUT2D eigenvalue weighted by atomic mass is 9.98. The average molecular weight is 658 g/mol. The van der Waals surface area contributed by atoms with Gasteiger partial charge in [0, 0.05) is 62.5 Å². The summed E-state index contributed by atoms with van der Waals surface area (Å²) in [6.45, 7) is 10.5. The molecule has 4 heterocycles. The number of para-hydroxylation sites is 1. The molecule has 0 aliphatic carbocycles. The van der Waals surface area contributed by atoms with Crippen molar-refractivity contribution < 1.29 is 18.7 Å². The third-order valence-electron chi connectivity index (χ3n) is 9.39. The van der Waals surface area contributed by atoms with Crippen LogP contribution in [-0.4, -0.2) is 106 Å². The molecule has 1 amide bonds. The largest absolute Gasteiger partial charge is 0.457 e. The van der Waals surface area contributed by atoms with Crippen LogP contribution in [0, 0.1) is 11.2 Å². The van der Waals surface area contributed by atoms with Gasteiger partial charge in [-0.1, -0.05) is 18.2 Å². The zero-order chi connectivity index (χ0) is 33.8. The van der Waals surface area contributed by atoms with Crippen LogP contribution in [0.2, 0.25) is 0 Å². The van der Waals surface area contributed by atoms with Crippen LogP contribution in [0.4, 0.5) is 16.0 Å². The zero-order valence-electron chi connectivity index (χ0n) is 27.5. The number of likely N-dealkylation sites (tertiary alicyclic amines) is 1. The number of piperidine rings is 1. The molecule has 0 saturated carbocycles. The lowest BCUT2D eigenvalue weighted by Gasteiger charge is -2.46. The van der Waals surface area contributed by atoms with Gasteiger partial charge in [0.05, 0.1) is 36.2 Å². The first-order chi connectivity index (χ1) is 23.1. The normalized spacial score (nSPS) is 19.9. The van der Waals surface area contributed by atoms with E-state index in [4.69, 9.17) is 26.4 Å². The maximum absolute atomic E-state index is 15.3. The molecule has 0 spiro atoms. The monoisotopic (exact) mass is 657 g/mol. The Morgan fingerprint density at radius 2 is 1.83 bits per heavy atom. The van der Waals surface area contributed by atoms with E-state index in [9.17, 15) is 4.79 Å². The van der Waals surface area contributed by atoms with E-state index in [-0.39, 0.29) is 45.8 Å². The Labute approximate surface area is 280 Å². The summed E-state index contributed by atoms with van der Waals surface area (Å²) in [5, 5.41) is 12.3. The number of nitrogens with one attached hydrogen (secondary N) is 2. The number of carbonyl (C=O) groups is 1. The molecule has 6 N–H and O–H groups in total. The Bertz CT molecular complexity index is 1660. The molecule has 3 fully saturated rings. The van der Waals surface area contributed by atoms with Gasteiger partial charge in [-0.3, -0.25) is 20.0 Å². The highest BCUT2D eigenvalue weighted by Gasteiger charge is 2.34. The van der Waals surface area contributed by atoms with Gasteiger partial charge < -0.3 is 31.2 Å². The molecule has 48 heavy (non-hydrogen) atoms. The van der Waals surface area contributed by atoms with Crippen molar-refractivity contribution in [3.63, 3.8) is 0 Å². The third kappa shape index (κ3) is 7.43. The Morgan fingerprint density at radius 1 is 1.08 bits per heavy atom. The molecular weight excluding hydrogens is 613 g/mol. The van der Waals surface area contributed by atoms with E-state index in [1.165, 1.54) is 18.5 Å². The summed E-state index contributed by atoms with van der Waals surface area (Å²) in [5.74, 6) is 0.361. The average Bonchev–Trinajstić information content (AvgIpc) is 3.04. The van der Waals surface area contributed by atoms with Crippen molar-refractivity contribution in [2.75, 3.05) is 63.5 Å². The minimum Gasteiger partial charge on any atom is -0.457 e. The smallest absolute Gasteiger partial charge is 0.269 e. The second-order valence-corrected chi connectivity index (χ2v) is 13.1. The van der Waals surface area contributed by atoms with Crippen molar-refractivity contribution >= 4 is 23.3 Å². The number of nitrogen functional groups attached to an aromatic ring is 1. The predicted molar refractivity (Wildman–Crippen MR) is 183 cm³/mol. The lowest BCUT2D eigenvalue weighted by Crippen LogP contribution is -2.60. The van der Waals surface area contributed by atoms with E-state index in [0.29, 0.717) is 36.4 Å². The van der Waals surface area contributed by atoms with Crippen LogP contribution in [-0.2, 0) is 9.53 Å². The number of hydrogen-bond donors (Lipinski definition) is 4. The molecule has 3 aromatic rings. The summed E-state index contributed by atoms with van der Waals surface area (Å²) in [6, 6.07) is 13.7. The highest BCUT2D eigenvalue weighted by atomic mass is 19.1. The molecule has 12 nitrogen and oxygen atoms in total. The molecule has 0 radical (unpaired) electrons. The van der Waals surface area contributed by atoms with Crippen LogP contribution in [0.5, 0.6) is 11.5 Å². The summed E-state index contributed by atoms with van der Waals surface area (Å²) in [7, 11) is 0. The van der Waals surface area contributed by atoms with Gasteiger partial charge in [0.15, 0.2) is 0 Å². The Morgan fingerprint density at radius 3 is 2.52 bits per heavy atom. The maximum atomic E-state index is 15.3. The third-order valence-corrected chi connectivity index (χ3v) is 9.39. The molecule has 13 heteroatoms. The van der Waals surface area contributed by atoms with E-state index >= 15 is 4.39 Å². The van der Waals surface area contributed by atoms with Crippen LogP contribution in [0.15, 0.2) is 66.6 Å². The van der Waals surface area contributed by atoms with Gasteiger partial charge in [-0.15, -0.1) is 0 Å². The predicted octanol–water partition coefficient (Wildman–Crippen LogP) is 3.45. The van der Waals surface area contributed by atoms with E-state index in [2.05, 4.69) is 38.9 Å². The van der Waals surface area contributed by atoms with Gasteiger partial charge in [0.1, 0.15) is 35.3 Å². The lowest BCUT2D eigenvalue weighted by molar-refractivity contribution is -0.128. The molecule has 1 aromatic heterocycles. The fraction of sp³-hybridized carbons (Fsp3) is 0.429. The summed E-state index contributed by atoms with van der Waals surface area (Å²) < 4.78 is 26.4. The number of aromatic nitrogens is 2. The highest BCUT2D eigenvalue weighted by molar-refractivity contribution is 6.16. The first kappa shape index (κ1) is 33.3. The fourth-order valence-electron chi connectivity index (χ4n) is 6.56. The number of benzene rings is 2. The van der Waals surface area contributed by atoms with Crippen molar-refractivity contribution in [3.8, 4) is 11.5 Å². The van der Waals surface area contributed by atoms with Crippen molar-refractivity contribution in [3.05, 3.63) is 83.6 Å². The SMILES string of the molecule is CC(C)(/C=C(\N)C(=O)N1CCCC(Nc2ncnc(N)c2C(=N)c2ccc(Oc3ccccc3)cc2F)C1)N1CCN(C2COC2)CC1. The Balaban J connectivity index is 1.11.